The van der Waals surface area contributed by atoms with Crippen molar-refractivity contribution in [3.63, 3.8) is 0 Å². The van der Waals surface area contributed by atoms with E-state index in [2.05, 4.69) is 0 Å². The van der Waals surface area contributed by atoms with Crippen LogP contribution in [0.3, 0.4) is 0 Å². The lowest BCUT2D eigenvalue weighted by atomic mass is 10.3. The standard InChI is InChI=1S/C9H20N2O4S/c1-8(2)10(3)16(13,14)11-4-5-15-7-9(11)6-12/h8-9,12H,4-7H2,1-3H3. The number of ether oxygens (including phenoxy) is 1. The molecule has 0 aromatic rings. The Morgan fingerprint density at radius 3 is 2.69 bits per heavy atom. The predicted molar refractivity (Wildman–Crippen MR) is 60.2 cm³/mol. The molecule has 1 heterocycles. The zero-order valence-corrected chi connectivity index (χ0v) is 10.8. The van der Waals surface area contributed by atoms with Gasteiger partial charge >= 0.3 is 0 Å². The lowest BCUT2D eigenvalue weighted by Crippen LogP contribution is -2.55. The second-order valence-electron chi connectivity index (χ2n) is 4.14. The van der Waals surface area contributed by atoms with Crippen molar-refractivity contribution in [2.45, 2.75) is 25.9 Å². The van der Waals surface area contributed by atoms with E-state index in [1.165, 1.54) is 8.61 Å². The summed E-state index contributed by atoms with van der Waals surface area (Å²) in [5.41, 5.74) is 0. The molecule has 7 heteroatoms. The van der Waals surface area contributed by atoms with E-state index in [9.17, 15) is 8.42 Å². The first-order chi connectivity index (χ1) is 7.41. The molecule has 1 aliphatic heterocycles. The van der Waals surface area contributed by atoms with Gasteiger partial charge in [0.1, 0.15) is 0 Å². The van der Waals surface area contributed by atoms with E-state index in [1.54, 1.807) is 7.05 Å². The summed E-state index contributed by atoms with van der Waals surface area (Å²) in [6, 6.07) is -0.577. The normalized spacial score (nSPS) is 24.2. The third kappa shape index (κ3) is 2.72. The molecule has 1 saturated heterocycles. The molecule has 1 fully saturated rings. The molecule has 0 saturated carbocycles. The van der Waals surface area contributed by atoms with Gasteiger partial charge in [0.15, 0.2) is 0 Å². The Morgan fingerprint density at radius 2 is 2.19 bits per heavy atom. The van der Waals surface area contributed by atoms with Gasteiger partial charge in [-0.3, -0.25) is 0 Å². The number of hydrogen-bond donors (Lipinski definition) is 1. The summed E-state index contributed by atoms with van der Waals surface area (Å²) in [5, 5.41) is 9.14. The van der Waals surface area contributed by atoms with Gasteiger partial charge in [-0.1, -0.05) is 0 Å². The SMILES string of the molecule is CC(C)N(C)S(=O)(=O)N1CCOCC1CO. The van der Waals surface area contributed by atoms with Crippen LogP contribution in [0.4, 0.5) is 0 Å². The lowest BCUT2D eigenvalue weighted by molar-refractivity contribution is 0.00823. The van der Waals surface area contributed by atoms with Crippen molar-refractivity contribution in [1.82, 2.24) is 8.61 Å². The minimum atomic E-state index is -3.50. The van der Waals surface area contributed by atoms with Crippen molar-refractivity contribution in [3.8, 4) is 0 Å². The van der Waals surface area contributed by atoms with Crippen LogP contribution in [0.1, 0.15) is 13.8 Å². The number of aliphatic hydroxyl groups is 1. The zero-order valence-electron chi connectivity index (χ0n) is 9.96. The molecule has 16 heavy (non-hydrogen) atoms. The van der Waals surface area contributed by atoms with Crippen LogP contribution in [0.15, 0.2) is 0 Å². The Bertz CT molecular complexity index is 317. The lowest BCUT2D eigenvalue weighted by Gasteiger charge is -2.36. The molecule has 0 aliphatic carbocycles. The molecule has 0 amide bonds. The van der Waals surface area contributed by atoms with Gasteiger partial charge < -0.3 is 9.84 Å². The first-order valence-corrected chi connectivity index (χ1v) is 6.74. The van der Waals surface area contributed by atoms with Gasteiger partial charge in [-0.25, -0.2) is 0 Å². The minimum absolute atomic E-state index is 0.104. The van der Waals surface area contributed by atoms with E-state index in [-0.39, 0.29) is 19.3 Å². The average Bonchev–Trinajstić information content (AvgIpc) is 2.27. The van der Waals surface area contributed by atoms with Crippen molar-refractivity contribution in [2.24, 2.45) is 0 Å². The summed E-state index contributed by atoms with van der Waals surface area (Å²) < 4.78 is 32.1. The van der Waals surface area contributed by atoms with E-state index < -0.39 is 16.3 Å². The summed E-state index contributed by atoms with van der Waals surface area (Å²) in [7, 11) is -1.95. The quantitative estimate of drug-likeness (QED) is 0.716. The molecule has 1 atom stereocenters. The first-order valence-electron chi connectivity index (χ1n) is 5.34. The topological polar surface area (TPSA) is 70.1 Å². The molecule has 96 valence electrons. The monoisotopic (exact) mass is 252 g/mol. The third-order valence-electron chi connectivity index (χ3n) is 2.77. The van der Waals surface area contributed by atoms with Gasteiger partial charge in [0.25, 0.3) is 10.2 Å². The highest BCUT2D eigenvalue weighted by molar-refractivity contribution is 7.86. The van der Waals surface area contributed by atoms with E-state index in [0.717, 1.165) is 0 Å². The molecule has 0 aromatic heterocycles. The Labute approximate surface area is 97.0 Å². The Hall–Kier alpha value is -0.210. The molecule has 0 bridgehead atoms. The molecule has 6 nitrogen and oxygen atoms in total. The molecule has 0 aromatic carbocycles. The first kappa shape index (κ1) is 13.9. The predicted octanol–water partition coefficient (Wildman–Crippen LogP) is -0.735. The van der Waals surface area contributed by atoms with E-state index in [4.69, 9.17) is 9.84 Å². The van der Waals surface area contributed by atoms with Crippen LogP contribution in [0, 0.1) is 0 Å². The number of hydrogen-bond acceptors (Lipinski definition) is 4. The van der Waals surface area contributed by atoms with Crippen LogP contribution in [0.5, 0.6) is 0 Å². The van der Waals surface area contributed by atoms with Crippen LogP contribution in [-0.2, 0) is 14.9 Å². The van der Waals surface area contributed by atoms with Crippen LogP contribution in [0.2, 0.25) is 0 Å². The minimum Gasteiger partial charge on any atom is -0.395 e. The van der Waals surface area contributed by atoms with Crippen LogP contribution >= 0.6 is 0 Å². The molecule has 0 radical (unpaired) electrons. The highest BCUT2D eigenvalue weighted by atomic mass is 32.2. The third-order valence-corrected chi connectivity index (χ3v) is 4.99. The van der Waals surface area contributed by atoms with Crippen LogP contribution in [-0.4, -0.2) is 67.6 Å². The fourth-order valence-corrected chi connectivity index (χ4v) is 3.19. The molecule has 0 spiro atoms. The average molecular weight is 252 g/mol. The largest absolute Gasteiger partial charge is 0.395 e. The Kier molecular flexibility index (Phi) is 4.69. The van der Waals surface area contributed by atoms with Gasteiger partial charge in [0.05, 0.1) is 25.9 Å². The number of nitrogens with zero attached hydrogens (tertiary/aromatic N) is 2. The molecule has 1 unspecified atom stereocenters. The molecule has 1 N–H and O–H groups in total. The maximum atomic E-state index is 12.2. The second-order valence-corrected chi connectivity index (χ2v) is 6.08. The molecular weight excluding hydrogens is 232 g/mol. The number of morpholine rings is 1. The van der Waals surface area contributed by atoms with E-state index in [1.807, 2.05) is 13.8 Å². The van der Waals surface area contributed by atoms with Gasteiger partial charge in [-0.15, -0.1) is 0 Å². The zero-order chi connectivity index (χ0) is 12.3. The van der Waals surface area contributed by atoms with Crippen molar-refractivity contribution in [1.29, 1.82) is 0 Å². The molecule has 1 rings (SSSR count). The number of aliphatic hydroxyl groups excluding tert-OH is 1. The summed E-state index contributed by atoms with van der Waals surface area (Å²) >= 11 is 0. The van der Waals surface area contributed by atoms with Gasteiger partial charge in [0, 0.05) is 19.6 Å². The van der Waals surface area contributed by atoms with E-state index in [0.29, 0.717) is 13.2 Å². The number of rotatable bonds is 4. The fourth-order valence-electron chi connectivity index (χ4n) is 1.52. The van der Waals surface area contributed by atoms with Crippen LogP contribution < -0.4 is 0 Å². The Morgan fingerprint density at radius 1 is 1.56 bits per heavy atom. The summed E-state index contributed by atoms with van der Waals surface area (Å²) in [4.78, 5) is 0. The summed E-state index contributed by atoms with van der Waals surface area (Å²) in [5.74, 6) is 0. The summed E-state index contributed by atoms with van der Waals surface area (Å²) in [6.45, 7) is 4.33. The smallest absolute Gasteiger partial charge is 0.282 e. The maximum absolute atomic E-state index is 12.2. The fraction of sp³-hybridized carbons (Fsp3) is 1.00. The molecule has 1 aliphatic rings. The highest BCUT2D eigenvalue weighted by Gasteiger charge is 2.35. The molecular formula is C9H20N2O4S. The Balaban J connectivity index is 2.88. The maximum Gasteiger partial charge on any atom is 0.282 e. The second kappa shape index (κ2) is 5.42. The van der Waals surface area contributed by atoms with E-state index >= 15 is 0 Å². The van der Waals surface area contributed by atoms with Gasteiger partial charge in [0.2, 0.25) is 0 Å². The summed E-state index contributed by atoms with van der Waals surface area (Å²) in [6.07, 6.45) is 0. The highest BCUT2D eigenvalue weighted by Crippen LogP contribution is 2.16. The van der Waals surface area contributed by atoms with Crippen molar-refractivity contribution in [3.05, 3.63) is 0 Å². The van der Waals surface area contributed by atoms with Crippen molar-refractivity contribution >= 4 is 10.2 Å². The van der Waals surface area contributed by atoms with Crippen molar-refractivity contribution in [2.75, 3.05) is 33.4 Å². The van der Waals surface area contributed by atoms with Crippen molar-refractivity contribution < 1.29 is 18.3 Å². The van der Waals surface area contributed by atoms with Gasteiger partial charge in [-0.05, 0) is 13.8 Å². The van der Waals surface area contributed by atoms with Gasteiger partial charge in [-0.2, -0.15) is 17.0 Å². The van der Waals surface area contributed by atoms with Crippen LogP contribution in [0.25, 0.3) is 0 Å².